The molecule has 30 heavy (non-hydrogen) atoms. The predicted octanol–water partition coefficient (Wildman–Crippen LogP) is 1.65. The molecule has 1 fully saturated rings. The molecular weight excluding hydrogens is 410 g/mol. The van der Waals surface area contributed by atoms with Crippen molar-refractivity contribution in [1.29, 1.82) is 0 Å². The molecule has 2 aromatic rings. The number of nitrogens with zero attached hydrogens (tertiary/aromatic N) is 4. The molecule has 10 heteroatoms. The summed E-state index contributed by atoms with van der Waals surface area (Å²) in [4.78, 5) is 32.3. The largest absolute Gasteiger partial charge is 0.486 e. The molecule has 0 saturated carbocycles. The smallest absolute Gasteiger partial charge is 0.270 e. The highest BCUT2D eigenvalue weighted by molar-refractivity contribution is 6.30. The first-order valence-corrected chi connectivity index (χ1v) is 10.2. The number of carbonyl (C=O) groups excluding carboxylic acids is 1. The summed E-state index contributed by atoms with van der Waals surface area (Å²) in [6.45, 7) is 6.91. The fraction of sp³-hybridized carbons (Fsp3) is 0.500. The number of nitrogens with one attached hydrogen (secondary N) is 1. The lowest BCUT2D eigenvalue weighted by Crippen LogP contribution is -2.49. The highest BCUT2D eigenvalue weighted by atomic mass is 35.5. The van der Waals surface area contributed by atoms with Crippen molar-refractivity contribution in [1.82, 2.24) is 20.1 Å². The van der Waals surface area contributed by atoms with E-state index in [9.17, 15) is 9.59 Å². The standard InChI is InChI=1S/C20H26ClN5O4/c1-14(30-17-12-23-24-20(28)15(17)2)13-29-10-5-19(27)26-8-6-25(7-9-26)18-4-3-16(21)11-22-18/h3-4,11-12,14H,5-10,13H2,1-2H3,(H,24,28)/t14-/m1/s1. The predicted molar refractivity (Wildman–Crippen MR) is 113 cm³/mol. The highest BCUT2D eigenvalue weighted by Crippen LogP contribution is 2.16. The molecule has 0 bridgehead atoms. The fourth-order valence-corrected chi connectivity index (χ4v) is 3.23. The van der Waals surface area contributed by atoms with E-state index in [0.717, 1.165) is 18.9 Å². The third kappa shape index (κ3) is 5.93. The lowest BCUT2D eigenvalue weighted by atomic mass is 10.2. The van der Waals surface area contributed by atoms with Gasteiger partial charge in [0.15, 0.2) is 0 Å². The summed E-state index contributed by atoms with van der Waals surface area (Å²) in [6.07, 6.45) is 3.15. The second-order valence-electron chi connectivity index (χ2n) is 7.14. The van der Waals surface area contributed by atoms with Crippen molar-refractivity contribution < 1.29 is 14.3 Å². The summed E-state index contributed by atoms with van der Waals surface area (Å²) >= 11 is 5.88. The van der Waals surface area contributed by atoms with Crippen LogP contribution in [0.25, 0.3) is 0 Å². The first kappa shape index (κ1) is 22.0. The normalized spacial score (nSPS) is 15.2. The van der Waals surface area contributed by atoms with E-state index < -0.39 is 0 Å². The van der Waals surface area contributed by atoms with Crippen LogP contribution in [0.15, 0.2) is 29.3 Å². The first-order valence-electron chi connectivity index (χ1n) is 9.87. The van der Waals surface area contributed by atoms with E-state index in [1.165, 1.54) is 6.20 Å². The SMILES string of the molecule is Cc1c(O[C@H](C)COCCC(=O)N2CCN(c3ccc(Cl)cn3)CC2)cn[nH]c1=O. The van der Waals surface area contributed by atoms with Crippen LogP contribution in [0, 0.1) is 6.92 Å². The minimum atomic E-state index is -0.279. The van der Waals surface area contributed by atoms with Crippen LogP contribution >= 0.6 is 11.6 Å². The van der Waals surface area contributed by atoms with Gasteiger partial charge in [0, 0.05) is 32.4 Å². The summed E-state index contributed by atoms with van der Waals surface area (Å²) in [5.41, 5.74) is 0.193. The number of ether oxygens (including phenoxy) is 2. The Morgan fingerprint density at radius 2 is 2.03 bits per heavy atom. The van der Waals surface area contributed by atoms with E-state index in [0.29, 0.717) is 49.1 Å². The quantitative estimate of drug-likeness (QED) is 0.629. The second-order valence-corrected chi connectivity index (χ2v) is 7.58. The Morgan fingerprint density at radius 1 is 1.27 bits per heavy atom. The molecule has 2 aromatic heterocycles. The van der Waals surface area contributed by atoms with E-state index in [-0.39, 0.29) is 17.6 Å². The topological polar surface area (TPSA) is 101 Å². The number of H-pyrrole nitrogens is 1. The van der Waals surface area contributed by atoms with Crippen molar-refractivity contribution in [3.8, 4) is 5.75 Å². The van der Waals surface area contributed by atoms with Gasteiger partial charge in [-0.3, -0.25) is 9.59 Å². The minimum absolute atomic E-state index is 0.0712. The third-order valence-corrected chi connectivity index (χ3v) is 5.09. The third-order valence-electron chi connectivity index (χ3n) is 4.87. The molecule has 0 aliphatic carbocycles. The monoisotopic (exact) mass is 435 g/mol. The number of anilines is 1. The molecule has 1 aliphatic heterocycles. The van der Waals surface area contributed by atoms with Crippen LogP contribution in [0.5, 0.6) is 5.75 Å². The molecule has 1 atom stereocenters. The Balaban J connectivity index is 1.34. The Labute approximate surface area is 179 Å². The summed E-state index contributed by atoms with van der Waals surface area (Å²) in [5, 5.41) is 6.69. The van der Waals surface area contributed by atoms with Gasteiger partial charge in [-0.2, -0.15) is 5.10 Å². The van der Waals surface area contributed by atoms with E-state index in [1.807, 2.05) is 24.0 Å². The number of hydrogen-bond acceptors (Lipinski definition) is 7. The van der Waals surface area contributed by atoms with Crippen LogP contribution < -0.4 is 15.2 Å². The van der Waals surface area contributed by atoms with E-state index in [4.69, 9.17) is 21.1 Å². The fourth-order valence-electron chi connectivity index (χ4n) is 3.12. The number of carbonyl (C=O) groups is 1. The lowest BCUT2D eigenvalue weighted by Gasteiger charge is -2.35. The molecule has 0 spiro atoms. The lowest BCUT2D eigenvalue weighted by molar-refractivity contribution is -0.132. The van der Waals surface area contributed by atoms with Gasteiger partial charge in [0.25, 0.3) is 5.56 Å². The van der Waals surface area contributed by atoms with Gasteiger partial charge in [-0.15, -0.1) is 0 Å². The molecule has 1 amide bonds. The van der Waals surface area contributed by atoms with Crippen LogP contribution in [0.1, 0.15) is 18.9 Å². The zero-order valence-corrected chi connectivity index (χ0v) is 17.9. The molecule has 3 heterocycles. The molecule has 162 valence electrons. The van der Waals surface area contributed by atoms with Gasteiger partial charge in [0.2, 0.25) is 5.91 Å². The number of amides is 1. The number of pyridine rings is 1. The van der Waals surface area contributed by atoms with Crippen LogP contribution in [0.3, 0.4) is 0 Å². The number of piperazine rings is 1. The van der Waals surface area contributed by atoms with Crippen LogP contribution in [-0.2, 0) is 9.53 Å². The summed E-state index contributed by atoms with van der Waals surface area (Å²) in [5.74, 6) is 1.37. The van der Waals surface area contributed by atoms with Crippen LogP contribution in [0.4, 0.5) is 5.82 Å². The van der Waals surface area contributed by atoms with Crippen molar-refractivity contribution in [2.24, 2.45) is 0 Å². The number of rotatable bonds is 8. The number of hydrogen-bond donors (Lipinski definition) is 1. The zero-order valence-electron chi connectivity index (χ0n) is 17.1. The van der Waals surface area contributed by atoms with Gasteiger partial charge >= 0.3 is 0 Å². The van der Waals surface area contributed by atoms with Gasteiger partial charge in [-0.25, -0.2) is 10.1 Å². The molecule has 1 N–H and O–H groups in total. The highest BCUT2D eigenvalue weighted by Gasteiger charge is 2.21. The maximum Gasteiger partial charge on any atom is 0.270 e. The van der Waals surface area contributed by atoms with Crippen LogP contribution in [-0.4, -0.2) is 71.5 Å². The van der Waals surface area contributed by atoms with Gasteiger partial charge in [0.1, 0.15) is 17.7 Å². The molecule has 0 unspecified atom stereocenters. The number of aromatic nitrogens is 3. The van der Waals surface area contributed by atoms with E-state index >= 15 is 0 Å². The number of halogens is 1. The summed E-state index contributed by atoms with van der Waals surface area (Å²) < 4.78 is 11.3. The maximum absolute atomic E-state index is 12.4. The minimum Gasteiger partial charge on any atom is -0.486 e. The van der Waals surface area contributed by atoms with Gasteiger partial charge in [-0.05, 0) is 26.0 Å². The summed E-state index contributed by atoms with van der Waals surface area (Å²) in [6, 6.07) is 3.71. The number of aromatic amines is 1. The van der Waals surface area contributed by atoms with Crippen molar-refractivity contribution in [3.05, 3.63) is 45.5 Å². The van der Waals surface area contributed by atoms with Gasteiger partial charge in [-0.1, -0.05) is 11.6 Å². The molecular formula is C20H26ClN5O4. The van der Waals surface area contributed by atoms with Gasteiger partial charge < -0.3 is 19.3 Å². The van der Waals surface area contributed by atoms with Crippen LogP contribution in [0.2, 0.25) is 5.02 Å². The molecule has 0 radical (unpaired) electrons. The Bertz CT molecular complexity index is 897. The average Bonchev–Trinajstić information content (AvgIpc) is 2.75. The van der Waals surface area contributed by atoms with Crippen molar-refractivity contribution in [2.75, 3.05) is 44.3 Å². The molecule has 3 rings (SSSR count). The Hall–Kier alpha value is -2.65. The first-order chi connectivity index (χ1) is 14.4. The molecule has 1 aliphatic rings. The molecule has 9 nitrogen and oxygen atoms in total. The molecule has 1 saturated heterocycles. The zero-order chi connectivity index (χ0) is 21.5. The van der Waals surface area contributed by atoms with Gasteiger partial charge in [0.05, 0.1) is 36.4 Å². The summed E-state index contributed by atoms with van der Waals surface area (Å²) in [7, 11) is 0. The van der Waals surface area contributed by atoms with Crippen molar-refractivity contribution in [3.63, 3.8) is 0 Å². The molecule has 0 aromatic carbocycles. The Morgan fingerprint density at radius 3 is 2.73 bits per heavy atom. The maximum atomic E-state index is 12.4. The Kier molecular flexibility index (Phi) is 7.64. The van der Waals surface area contributed by atoms with Crippen molar-refractivity contribution >= 4 is 23.3 Å². The van der Waals surface area contributed by atoms with E-state index in [2.05, 4.69) is 20.1 Å². The second kappa shape index (κ2) is 10.4. The van der Waals surface area contributed by atoms with Crippen molar-refractivity contribution in [2.45, 2.75) is 26.4 Å². The van der Waals surface area contributed by atoms with E-state index in [1.54, 1.807) is 13.1 Å². The average molecular weight is 436 g/mol.